The van der Waals surface area contributed by atoms with Gasteiger partial charge in [0, 0.05) is 10.6 Å². The zero-order valence-electron chi connectivity index (χ0n) is 17.8. The van der Waals surface area contributed by atoms with Crippen molar-refractivity contribution in [1.82, 2.24) is 0 Å². The molecule has 1 fully saturated rings. The molecule has 8 heteroatoms. The van der Waals surface area contributed by atoms with Gasteiger partial charge in [-0.1, -0.05) is 38.3 Å². The second-order valence-electron chi connectivity index (χ2n) is 7.43. The number of methoxy groups -OCH3 is 1. The van der Waals surface area contributed by atoms with Gasteiger partial charge in [0.15, 0.2) is 0 Å². The Bertz CT molecular complexity index is 869. The SMILES string of the molecule is CCCCCC(F)c1ccc(N2C(=O)OCC2COCc2ccc(C(=O)OC)s2)cc1. The Morgan fingerprint density at radius 1 is 1.26 bits per heavy atom. The summed E-state index contributed by atoms with van der Waals surface area (Å²) in [6, 6.07) is 10.2. The lowest BCUT2D eigenvalue weighted by Crippen LogP contribution is -2.36. The van der Waals surface area contributed by atoms with Gasteiger partial charge in [0.2, 0.25) is 0 Å². The summed E-state index contributed by atoms with van der Waals surface area (Å²) in [5, 5.41) is 0. The number of amides is 1. The molecule has 0 saturated carbocycles. The smallest absolute Gasteiger partial charge is 0.414 e. The Morgan fingerprint density at radius 2 is 2.03 bits per heavy atom. The summed E-state index contributed by atoms with van der Waals surface area (Å²) in [7, 11) is 1.34. The van der Waals surface area contributed by atoms with Crippen LogP contribution >= 0.6 is 11.3 Å². The van der Waals surface area contributed by atoms with Crippen LogP contribution in [0.4, 0.5) is 14.9 Å². The maximum Gasteiger partial charge on any atom is 0.414 e. The minimum absolute atomic E-state index is 0.223. The lowest BCUT2D eigenvalue weighted by molar-refractivity contribution is 0.0606. The van der Waals surface area contributed by atoms with E-state index in [2.05, 4.69) is 6.92 Å². The van der Waals surface area contributed by atoms with Crippen molar-refractivity contribution in [2.45, 2.75) is 51.4 Å². The van der Waals surface area contributed by atoms with Gasteiger partial charge in [-0.2, -0.15) is 0 Å². The van der Waals surface area contributed by atoms with Gasteiger partial charge in [-0.05, 0) is 36.2 Å². The molecule has 0 aliphatic carbocycles. The van der Waals surface area contributed by atoms with E-state index < -0.39 is 12.3 Å². The van der Waals surface area contributed by atoms with E-state index in [9.17, 15) is 14.0 Å². The fourth-order valence-corrected chi connectivity index (χ4v) is 4.31. The van der Waals surface area contributed by atoms with Gasteiger partial charge in [-0.25, -0.2) is 14.0 Å². The molecule has 0 bridgehead atoms. The Kier molecular flexibility index (Phi) is 8.43. The Labute approximate surface area is 185 Å². The minimum Gasteiger partial charge on any atom is -0.465 e. The number of carbonyl (C=O) groups excluding carboxylic acids is 2. The van der Waals surface area contributed by atoms with Crippen molar-refractivity contribution in [3.8, 4) is 0 Å². The number of thiophene rings is 1. The van der Waals surface area contributed by atoms with E-state index in [0.717, 1.165) is 24.1 Å². The van der Waals surface area contributed by atoms with Crippen LogP contribution in [0.25, 0.3) is 0 Å². The minimum atomic E-state index is -0.995. The number of benzene rings is 1. The molecule has 1 aliphatic heterocycles. The Balaban J connectivity index is 1.55. The fraction of sp³-hybridized carbons (Fsp3) is 0.478. The third-order valence-corrected chi connectivity index (χ3v) is 6.20. The molecule has 1 aliphatic rings. The number of carbonyl (C=O) groups is 2. The maximum atomic E-state index is 14.4. The first-order valence-electron chi connectivity index (χ1n) is 10.5. The van der Waals surface area contributed by atoms with Crippen molar-refractivity contribution in [2.75, 3.05) is 25.2 Å². The van der Waals surface area contributed by atoms with E-state index in [1.165, 1.54) is 18.4 Å². The number of nitrogens with zero attached hydrogens (tertiary/aromatic N) is 1. The topological polar surface area (TPSA) is 65.1 Å². The van der Waals surface area contributed by atoms with Crippen molar-refractivity contribution in [2.24, 2.45) is 0 Å². The van der Waals surface area contributed by atoms with Crippen LogP contribution in [-0.2, 0) is 20.8 Å². The van der Waals surface area contributed by atoms with Crippen LogP contribution < -0.4 is 4.90 Å². The molecule has 168 valence electrons. The highest BCUT2D eigenvalue weighted by Gasteiger charge is 2.34. The largest absolute Gasteiger partial charge is 0.465 e. The molecule has 3 rings (SSSR count). The molecule has 0 N–H and O–H groups in total. The number of ether oxygens (including phenoxy) is 3. The van der Waals surface area contributed by atoms with Crippen LogP contribution in [0, 0.1) is 0 Å². The summed E-state index contributed by atoms with van der Waals surface area (Å²) in [5.41, 5.74) is 1.28. The van der Waals surface area contributed by atoms with Gasteiger partial charge >= 0.3 is 12.1 Å². The fourth-order valence-electron chi connectivity index (χ4n) is 3.44. The molecule has 2 heterocycles. The standard InChI is InChI=1S/C23H28FNO5S/c1-3-4-5-6-20(24)16-7-9-17(10-8-16)25-18(14-30-23(25)27)13-29-15-19-11-12-21(31-19)22(26)28-2/h7-12,18,20H,3-6,13-15H2,1-2H3. The number of unbranched alkanes of at least 4 members (excludes halogenated alkanes) is 2. The molecule has 2 atom stereocenters. The first kappa shape index (κ1) is 23.2. The lowest BCUT2D eigenvalue weighted by atomic mass is 10.0. The van der Waals surface area contributed by atoms with Crippen LogP contribution in [0.1, 0.15) is 58.9 Å². The number of halogens is 1. The maximum absolute atomic E-state index is 14.4. The third kappa shape index (κ3) is 6.04. The van der Waals surface area contributed by atoms with Crippen molar-refractivity contribution in [1.29, 1.82) is 0 Å². The summed E-state index contributed by atoms with van der Waals surface area (Å²) >= 11 is 1.31. The second-order valence-corrected chi connectivity index (χ2v) is 8.60. The second kappa shape index (κ2) is 11.2. The molecule has 1 aromatic carbocycles. The molecule has 2 aromatic rings. The molecule has 0 radical (unpaired) electrons. The van der Waals surface area contributed by atoms with E-state index >= 15 is 0 Å². The summed E-state index contributed by atoms with van der Waals surface area (Å²) in [6.45, 7) is 2.92. The zero-order valence-corrected chi connectivity index (χ0v) is 18.7. The van der Waals surface area contributed by atoms with E-state index in [-0.39, 0.29) is 25.2 Å². The highest BCUT2D eigenvalue weighted by Crippen LogP contribution is 2.29. The average molecular weight is 450 g/mol. The molecule has 2 unspecified atom stereocenters. The zero-order chi connectivity index (χ0) is 22.2. The van der Waals surface area contributed by atoms with E-state index in [4.69, 9.17) is 14.2 Å². The van der Waals surface area contributed by atoms with Crippen molar-refractivity contribution in [3.63, 3.8) is 0 Å². The number of hydrogen-bond acceptors (Lipinski definition) is 6. The number of rotatable bonds is 11. The predicted molar refractivity (Wildman–Crippen MR) is 117 cm³/mol. The number of hydrogen-bond donors (Lipinski definition) is 0. The van der Waals surface area contributed by atoms with E-state index in [0.29, 0.717) is 29.2 Å². The molecule has 1 aromatic heterocycles. The van der Waals surface area contributed by atoms with E-state index in [1.807, 2.05) is 6.07 Å². The molecule has 6 nitrogen and oxygen atoms in total. The summed E-state index contributed by atoms with van der Waals surface area (Å²) < 4.78 is 30.0. The number of cyclic esters (lactones) is 1. The monoisotopic (exact) mass is 449 g/mol. The summed E-state index contributed by atoms with van der Waals surface area (Å²) in [4.78, 5) is 26.7. The van der Waals surface area contributed by atoms with Gasteiger partial charge in [0.1, 0.15) is 17.7 Å². The molecular formula is C23H28FNO5S. The first-order chi connectivity index (χ1) is 15.0. The molecule has 1 amide bonds. The van der Waals surface area contributed by atoms with Gasteiger partial charge in [-0.3, -0.25) is 4.90 Å². The molecule has 31 heavy (non-hydrogen) atoms. The van der Waals surface area contributed by atoms with Gasteiger partial charge in [0.05, 0.1) is 26.4 Å². The van der Waals surface area contributed by atoms with Gasteiger partial charge in [0.25, 0.3) is 0 Å². The van der Waals surface area contributed by atoms with Crippen LogP contribution in [0.2, 0.25) is 0 Å². The summed E-state index contributed by atoms with van der Waals surface area (Å²) in [6.07, 6.45) is 2.02. The van der Waals surface area contributed by atoms with Crippen LogP contribution in [0.5, 0.6) is 0 Å². The van der Waals surface area contributed by atoms with E-state index in [1.54, 1.807) is 35.2 Å². The average Bonchev–Trinajstić information content (AvgIpc) is 3.40. The quantitative estimate of drug-likeness (QED) is 0.327. The highest BCUT2D eigenvalue weighted by molar-refractivity contribution is 7.13. The van der Waals surface area contributed by atoms with Crippen molar-refractivity contribution in [3.05, 3.63) is 51.7 Å². The Morgan fingerprint density at radius 3 is 2.74 bits per heavy atom. The van der Waals surface area contributed by atoms with Crippen LogP contribution in [0.3, 0.4) is 0 Å². The van der Waals surface area contributed by atoms with Gasteiger partial charge in [-0.15, -0.1) is 11.3 Å². The lowest BCUT2D eigenvalue weighted by Gasteiger charge is -2.22. The molecule has 1 saturated heterocycles. The normalized spacial score (nSPS) is 16.9. The number of anilines is 1. The molecule has 0 spiro atoms. The van der Waals surface area contributed by atoms with Gasteiger partial charge < -0.3 is 14.2 Å². The predicted octanol–water partition coefficient (Wildman–Crippen LogP) is 5.67. The highest BCUT2D eigenvalue weighted by atomic mass is 32.1. The Hall–Kier alpha value is -2.45. The number of esters is 1. The molecular weight excluding hydrogens is 421 g/mol. The third-order valence-electron chi connectivity index (χ3n) is 5.16. The summed E-state index contributed by atoms with van der Waals surface area (Å²) in [5.74, 6) is -0.374. The van der Waals surface area contributed by atoms with Crippen LogP contribution in [0.15, 0.2) is 36.4 Å². The van der Waals surface area contributed by atoms with Crippen LogP contribution in [-0.4, -0.2) is 38.4 Å². The number of alkyl halides is 1. The first-order valence-corrected chi connectivity index (χ1v) is 11.3. The van der Waals surface area contributed by atoms with Crippen molar-refractivity contribution >= 4 is 29.1 Å². The van der Waals surface area contributed by atoms with Crippen molar-refractivity contribution < 1.29 is 28.2 Å².